The molecule has 3 N–H and O–H groups in total. The molecule has 100 valence electrons. The van der Waals surface area contributed by atoms with Crippen LogP contribution < -0.4 is 0 Å². The Hall–Kier alpha value is -2.11. The molecular weight excluding hydrogens is 240 g/mol. The predicted molar refractivity (Wildman–Crippen MR) is 63.1 cm³/mol. The van der Waals surface area contributed by atoms with Crippen LogP contribution in [0.4, 0.5) is 0 Å². The van der Waals surface area contributed by atoms with Crippen LogP contribution in [-0.2, 0) is 14.4 Å². The van der Waals surface area contributed by atoms with Gasteiger partial charge in [0, 0.05) is 5.57 Å². The van der Waals surface area contributed by atoms with Crippen molar-refractivity contribution in [3.63, 3.8) is 0 Å². The molecule has 0 saturated heterocycles. The summed E-state index contributed by atoms with van der Waals surface area (Å²) in [6, 6.07) is 0. The van der Waals surface area contributed by atoms with Gasteiger partial charge in [0.25, 0.3) is 0 Å². The highest BCUT2D eigenvalue weighted by Gasteiger charge is 2.27. The maximum atomic E-state index is 10.9. The van der Waals surface area contributed by atoms with E-state index in [-0.39, 0.29) is 5.57 Å². The highest BCUT2D eigenvalue weighted by Crippen LogP contribution is 2.14. The van der Waals surface area contributed by atoms with Crippen molar-refractivity contribution in [2.45, 2.75) is 20.3 Å². The van der Waals surface area contributed by atoms with Crippen molar-refractivity contribution in [1.29, 1.82) is 0 Å². The van der Waals surface area contributed by atoms with Crippen LogP contribution in [0.5, 0.6) is 0 Å². The molecule has 0 aromatic rings. The van der Waals surface area contributed by atoms with E-state index in [1.54, 1.807) is 6.92 Å². The lowest BCUT2D eigenvalue weighted by atomic mass is 9.93. The molecule has 18 heavy (non-hydrogen) atoms. The molecule has 0 aromatic heterocycles. The van der Waals surface area contributed by atoms with Crippen LogP contribution in [-0.4, -0.2) is 33.2 Å². The molecule has 0 aromatic carbocycles. The number of rotatable bonds is 7. The predicted octanol–water partition coefficient (Wildman–Crippen LogP) is 1.39. The molecule has 0 rings (SSSR count). The fourth-order valence-electron chi connectivity index (χ4n) is 1.25. The fourth-order valence-corrected chi connectivity index (χ4v) is 1.25. The zero-order valence-corrected chi connectivity index (χ0v) is 10.2. The molecule has 0 saturated carbocycles. The van der Waals surface area contributed by atoms with Crippen molar-refractivity contribution >= 4 is 17.9 Å². The molecule has 0 aliphatic carbocycles. The van der Waals surface area contributed by atoms with E-state index in [0.29, 0.717) is 6.42 Å². The van der Waals surface area contributed by atoms with Gasteiger partial charge < -0.3 is 15.3 Å². The minimum Gasteiger partial charge on any atom is -0.481 e. The number of hydrogen-bond donors (Lipinski definition) is 3. The molecule has 0 amide bonds. The molecular formula is C12H16O6. The Morgan fingerprint density at radius 2 is 1.67 bits per heavy atom. The summed E-state index contributed by atoms with van der Waals surface area (Å²) in [7, 11) is 0. The second kappa shape index (κ2) is 7.26. The largest absolute Gasteiger partial charge is 0.481 e. The highest BCUT2D eigenvalue weighted by molar-refractivity contribution is 5.87. The first-order valence-electron chi connectivity index (χ1n) is 5.37. The van der Waals surface area contributed by atoms with Gasteiger partial charge in [0.05, 0.1) is 11.8 Å². The molecule has 0 bridgehead atoms. The first-order valence-corrected chi connectivity index (χ1v) is 5.37. The minimum atomic E-state index is -1.26. The quantitative estimate of drug-likeness (QED) is 0.468. The third-order valence-corrected chi connectivity index (χ3v) is 2.48. The Morgan fingerprint density at radius 3 is 2.00 bits per heavy atom. The highest BCUT2D eigenvalue weighted by atomic mass is 16.4. The van der Waals surface area contributed by atoms with Gasteiger partial charge in [-0.2, -0.15) is 0 Å². The average molecular weight is 256 g/mol. The summed E-state index contributed by atoms with van der Waals surface area (Å²) in [6.45, 7) is 2.94. The maximum absolute atomic E-state index is 10.9. The van der Waals surface area contributed by atoms with Gasteiger partial charge in [-0.3, -0.25) is 9.59 Å². The minimum absolute atomic E-state index is 0.123. The van der Waals surface area contributed by atoms with Crippen molar-refractivity contribution in [3.8, 4) is 0 Å². The van der Waals surface area contributed by atoms with Gasteiger partial charge in [-0.05, 0) is 6.42 Å². The van der Waals surface area contributed by atoms with Crippen LogP contribution in [0.25, 0.3) is 0 Å². The number of carboxylic acids is 3. The summed E-state index contributed by atoms with van der Waals surface area (Å²) in [5.74, 6) is -5.83. The first-order chi connectivity index (χ1) is 8.31. The maximum Gasteiger partial charge on any atom is 0.331 e. The van der Waals surface area contributed by atoms with Gasteiger partial charge in [0.1, 0.15) is 0 Å². The first kappa shape index (κ1) is 15.9. The molecule has 0 radical (unpaired) electrons. The van der Waals surface area contributed by atoms with Crippen molar-refractivity contribution in [2.75, 3.05) is 0 Å². The van der Waals surface area contributed by atoms with Crippen molar-refractivity contribution in [1.82, 2.24) is 0 Å². The number of hydrogen-bond acceptors (Lipinski definition) is 3. The number of carbonyl (C=O) groups is 3. The normalized spacial score (nSPS) is 15.3. The SMILES string of the molecule is CC/C(=C\C=C\[C@H](C(=O)O)[C@@H](C)C(=O)O)C(=O)O. The van der Waals surface area contributed by atoms with Crippen LogP contribution in [0, 0.1) is 11.8 Å². The molecule has 0 heterocycles. The lowest BCUT2D eigenvalue weighted by Gasteiger charge is -2.11. The summed E-state index contributed by atoms with van der Waals surface area (Å²) in [4.78, 5) is 32.2. The van der Waals surface area contributed by atoms with E-state index in [1.807, 2.05) is 0 Å². The van der Waals surface area contributed by atoms with Crippen LogP contribution in [0.1, 0.15) is 20.3 Å². The third-order valence-electron chi connectivity index (χ3n) is 2.48. The molecule has 0 fully saturated rings. The van der Waals surface area contributed by atoms with Crippen molar-refractivity contribution < 1.29 is 29.7 Å². The van der Waals surface area contributed by atoms with Crippen molar-refractivity contribution in [2.24, 2.45) is 11.8 Å². The molecule has 0 unspecified atom stereocenters. The van der Waals surface area contributed by atoms with Crippen LogP contribution >= 0.6 is 0 Å². The smallest absolute Gasteiger partial charge is 0.331 e. The van der Waals surface area contributed by atoms with Gasteiger partial charge >= 0.3 is 17.9 Å². The Labute approximate surface area is 104 Å². The molecule has 0 aliphatic heterocycles. The fraction of sp³-hybridized carbons (Fsp3) is 0.417. The summed E-state index contributed by atoms with van der Waals surface area (Å²) in [6.07, 6.45) is 4.02. The van der Waals surface area contributed by atoms with Gasteiger partial charge in [0.15, 0.2) is 0 Å². The zero-order chi connectivity index (χ0) is 14.3. The van der Waals surface area contributed by atoms with E-state index in [0.717, 1.165) is 0 Å². The second-order valence-electron chi connectivity index (χ2n) is 3.73. The van der Waals surface area contributed by atoms with Gasteiger partial charge in [-0.15, -0.1) is 0 Å². The summed E-state index contributed by atoms with van der Waals surface area (Å²) in [5, 5.41) is 26.3. The van der Waals surface area contributed by atoms with E-state index in [9.17, 15) is 14.4 Å². The van der Waals surface area contributed by atoms with Crippen LogP contribution in [0.2, 0.25) is 0 Å². The van der Waals surface area contributed by atoms with E-state index in [4.69, 9.17) is 15.3 Å². The molecule has 0 aliphatic rings. The summed E-state index contributed by atoms with van der Waals surface area (Å²) in [5.41, 5.74) is 0.123. The lowest BCUT2D eigenvalue weighted by molar-refractivity contribution is -0.151. The number of carboxylic acid groups (broad SMARTS) is 3. The van der Waals surface area contributed by atoms with E-state index in [2.05, 4.69) is 0 Å². The Balaban J connectivity index is 4.95. The standard InChI is InChI=1S/C12H16O6/c1-3-8(11(15)16)5-4-6-9(12(17)18)7(2)10(13)14/h4-7,9H,3H2,1-2H3,(H,13,14)(H,15,16)(H,17,18)/b6-4+,8-5+/t7-,9+/m1/s1. The van der Waals surface area contributed by atoms with Crippen LogP contribution in [0.15, 0.2) is 23.8 Å². The van der Waals surface area contributed by atoms with Gasteiger partial charge in [0.2, 0.25) is 0 Å². The zero-order valence-electron chi connectivity index (χ0n) is 10.2. The Kier molecular flexibility index (Phi) is 6.41. The summed E-state index contributed by atoms with van der Waals surface area (Å²) < 4.78 is 0. The summed E-state index contributed by atoms with van der Waals surface area (Å²) >= 11 is 0. The van der Waals surface area contributed by atoms with Crippen molar-refractivity contribution in [3.05, 3.63) is 23.8 Å². The Morgan fingerprint density at radius 1 is 1.11 bits per heavy atom. The van der Waals surface area contributed by atoms with Gasteiger partial charge in [-0.1, -0.05) is 32.1 Å². The number of allylic oxidation sites excluding steroid dienone is 2. The van der Waals surface area contributed by atoms with E-state index < -0.39 is 29.7 Å². The topological polar surface area (TPSA) is 112 Å². The molecule has 6 heteroatoms. The monoisotopic (exact) mass is 256 g/mol. The lowest BCUT2D eigenvalue weighted by Crippen LogP contribution is -2.25. The molecule has 0 spiro atoms. The van der Waals surface area contributed by atoms with Gasteiger partial charge in [-0.25, -0.2) is 4.79 Å². The third kappa shape index (κ3) is 4.82. The second-order valence-corrected chi connectivity index (χ2v) is 3.73. The average Bonchev–Trinajstić information content (AvgIpc) is 2.27. The molecule has 2 atom stereocenters. The number of aliphatic carboxylic acids is 3. The molecule has 6 nitrogen and oxygen atoms in total. The van der Waals surface area contributed by atoms with Crippen LogP contribution in [0.3, 0.4) is 0 Å². The van der Waals surface area contributed by atoms with E-state index >= 15 is 0 Å². The Bertz CT molecular complexity index is 393. The van der Waals surface area contributed by atoms with E-state index in [1.165, 1.54) is 25.2 Å².